The van der Waals surface area contributed by atoms with Crippen molar-refractivity contribution in [3.63, 3.8) is 0 Å². The molecule has 3 aromatic rings. The fourth-order valence-electron chi connectivity index (χ4n) is 1.87. The van der Waals surface area contributed by atoms with Gasteiger partial charge in [-0.2, -0.15) is 0 Å². The van der Waals surface area contributed by atoms with E-state index in [1.165, 1.54) is 0 Å². The average molecular weight is 257 g/mol. The van der Waals surface area contributed by atoms with Crippen molar-refractivity contribution in [2.24, 2.45) is 0 Å². The molecule has 0 atom stereocenters. The molecule has 88 valence electrons. The zero-order valence-electron chi connectivity index (χ0n) is 9.35. The van der Waals surface area contributed by atoms with Crippen molar-refractivity contribution in [1.29, 1.82) is 0 Å². The normalized spacial score (nSPS) is 10.7. The predicted octanol–water partition coefficient (Wildman–Crippen LogP) is 3.24. The Hall–Kier alpha value is -2.13. The topological polar surface area (TPSA) is 45.8 Å². The molecular formula is C14H9ClN2O. The highest BCUT2D eigenvalue weighted by molar-refractivity contribution is 6.30. The Morgan fingerprint density at radius 3 is 2.67 bits per heavy atom. The number of aromatic nitrogens is 2. The van der Waals surface area contributed by atoms with Crippen LogP contribution in [-0.2, 0) is 0 Å². The second-order valence-electron chi connectivity index (χ2n) is 3.96. The maximum atomic E-state index is 11.9. The van der Waals surface area contributed by atoms with E-state index in [9.17, 15) is 4.79 Å². The van der Waals surface area contributed by atoms with Crippen LogP contribution in [0.5, 0.6) is 0 Å². The molecule has 4 heteroatoms. The van der Waals surface area contributed by atoms with Gasteiger partial charge in [-0.15, -0.1) is 0 Å². The Morgan fingerprint density at radius 1 is 1.11 bits per heavy atom. The summed E-state index contributed by atoms with van der Waals surface area (Å²) >= 11 is 5.84. The van der Waals surface area contributed by atoms with Gasteiger partial charge in [0.05, 0.1) is 16.6 Å². The van der Waals surface area contributed by atoms with Crippen LogP contribution in [0.1, 0.15) is 0 Å². The summed E-state index contributed by atoms with van der Waals surface area (Å²) in [6.45, 7) is 0. The third-order valence-electron chi connectivity index (χ3n) is 2.77. The van der Waals surface area contributed by atoms with Gasteiger partial charge in [-0.1, -0.05) is 23.7 Å². The largest absolute Gasteiger partial charge is 0.321 e. The second-order valence-corrected chi connectivity index (χ2v) is 4.39. The molecule has 18 heavy (non-hydrogen) atoms. The number of nitrogens with zero attached hydrogens (tertiary/aromatic N) is 1. The summed E-state index contributed by atoms with van der Waals surface area (Å²) < 4.78 is 0. The zero-order chi connectivity index (χ0) is 12.5. The molecule has 2 aromatic heterocycles. The van der Waals surface area contributed by atoms with Gasteiger partial charge in [-0.3, -0.25) is 9.78 Å². The first kappa shape index (κ1) is 11.0. The molecule has 0 spiro atoms. The number of H-pyrrole nitrogens is 1. The van der Waals surface area contributed by atoms with Crippen LogP contribution in [0.3, 0.4) is 0 Å². The lowest BCUT2D eigenvalue weighted by Crippen LogP contribution is -2.07. The fraction of sp³-hybridized carbons (Fsp3) is 0. The molecule has 0 fully saturated rings. The van der Waals surface area contributed by atoms with Crippen LogP contribution in [-0.4, -0.2) is 9.97 Å². The van der Waals surface area contributed by atoms with E-state index < -0.39 is 0 Å². The van der Waals surface area contributed by atoms with Crippen LogP contribution < -0.4 is 5.56 Å². The van der Waals surface area contributed by atoms with Crippen LogP contribution in [0.2, 0.25) is 5.02 Å². The van der Waals surface area contributed by atoms with Crippen molar-refractivity contribution in [2.75, 3.05) is 0 Å². The lowest BCUT2D eigenvalue weighted by molar-refractivity contribution is 1.26. The van der Waals surface area contributed by atoms with Gasteiger partial charge in [0, 0.05) is 11.2 Å². The van der Waals surface area contributed by atoms with E-state index >= 15 is 0 Å². The number of rotatable bonds is 1. The SMILES string of the molecule is O=c1[nH]c(-c2ccc(Cl)cc2)cc2ncccc12. The minimum absolute atomic E-state index is 0.134. The van der Waals surface area contributed by atoms with Gasteiger partial charge in [0.15, 0.2) is 0 Å². The molecule has 1 N–H and O–H groups in total. The molecule has 0 unspecified atom stereocenters. The standard InChI is InChI=1S/C14H9ClN2O/c15-10-5-3-9(4-6-10)12-8-13-11(14(18)17-12)2-1-7-16-13/h1-8H,(H,17,18). The van der Waals surface area contributed by atoms with E-state index in [-0.39, 0.29) is 5.56 Å². The number of fused-ring (bicyclic) bond motifs is 1. The molecule has 0 aliphatic carbocycles. The average Bonchev–Trinajstić information content (AvgIpc) is 2.39. The van der Waals surface area contributed by atoms with Crippen molar-refractivity contribution in [1.82, 2.24) is 9.97 Å². The van der Waals surface area contributed by atoms with Gasteiger partial charge in [0.1, 0.15) is 0 Å². The highest BCUT2D eigenvalue weighted by Crippen LogP contribution is 2.20. The van der Waals surface area contributed by atoms with Crippen LogP contribution in [0, 0.1) is 0 Å². The molecule has 0 bridgehead atoms. The summed E-state index contributed by atoms with van der Waals surface area (Å²) in [6, 6.07) is 12.7. The van der Waals surface area contributed by atoms with Crippen molar-refractivity contribution in [3.8, 4) is 11.3 Å². The maximum Gasteiger partial charge on any atom is 0.257 e. The second kappa shape index (κ2) is 4.27. The molecule has 3 rings (SSSR count). The Kier molecular flexibility index (Phi) is 2.61. The minimum Gasteiger partial charge on any atom is -0.321 e. The monoisotopic (exact) mass is 256 g/mol. The van der Waals surface area contributed by atoms with Gasteiger partial charge in [-0.25, -0.2) is 0 Å². The van der Waals surface area contributed by atoms with Crippen LogP contribution in [0.15, 0.2) is 53.5 Å². The van der Waals surface area contributed by atoms with E-state index in [4.69, 9.17) is 11.6 Å². The lowest BCUT2D eigenvalue weighted by Gasteiger charge is -2.03. The number of benzene rings is 1. The fourth-order valence-corrected chi connectivity index (χ4v) is 2.00. The predicted molar refractivity (Wildman–Crippen MR) is 72.8 cm³/mol. The van der Waals surface area contributed by atoms with E-state index in [1.807, 2.05) is 18.2 Å². The summed E-state index contributed by atoms with van der Waals surface area (Å²) in [4.78, 5) is 19.0. The molecule has 0 saturated carbocycles. The number of halogens is 1. The number of hydrogen-bond donors (Lipinski definition) is 1. The van der Waals surface area contributed by atoms with Crippen molar-refractivity contribution < 1.29 is 0 Å². The number of aromatic amines is 1. The first-order valence-corrected chi connectivity index (χ1v) is 5.86. The highest BCUT2D eigenvalue weighted by atomic mass is 35.5. The van der Waals surface area contributed by atoms with E-state index in [0.29, 0.717) is 15.9 Å². The molecule has 0 radical (unpaired) electrons. The molecule has 1 aromatic carbocycles. The van der Waals surface area contributed by atoms with Crippen molar-refractivity contribution >= 4 is 22.5 Å². The number of nitrogens with one attached hydrogen (secondary N) is 1. The van der Waals surface area contributed by atoms with Gasteiger partial charge in [0.25, 0.3) is 5.56 Å². The molecule has 0 aliphatic heterocycles. The van der Waals surface area contributed by atoms with Crippen LogP contribution >= 0.6 is 11.6 Å². The number of pyridine rings is 2. The molecule has 0 amide bonds. The van der Waals surface area contributed by atoms with Gasteiger partial charge in [-0.05, 0) is 35.9 Å². The Balaban J connectivity index is 2.24. The Morgan fingerprint density at radius 2 is 1.89 bits per heavy atom. The van der Waals surface area contributed by atoms with Crippen molar-refractivity contribution in [2.45, 2.75) is 0 Å². The lowest BCUT2D eigenvalue weighted by atomic mass is 10.1. The zero-order valence-corrected chi connectivity index (χ0v) is 10.1. The van der Waals surface area contributed by atoms with Crippen molar-refractivity contribution in [3.05, 3.63) is 64.0 Å². The quantitative estimate of drug-likeness (QED) is 0.726. The van der Waals surface area contributed by atoms with Crippen LogP contribution in [0.25, 0.3) is 22.2 Å². The Labute approximate surface area is 108 Å². The molecule has 0 aliphatic rings. The van der Waals surface area contributed by atoms with Crippen LogP contribution in [0.4, 0.5) is 0 Å². The summed E-state index contributed by atoms with van der Waals surface area (Å²) in [5, 5.41) is 1.26. The first-order valence-electron chi connectivity index (χ1n) is 5.48. The summed E-state index contributed by atoms with van der Waals surface area (Å²) in [5.74, 6) is 0. The number of hydrogen-bond acceptors (Lipinski definition) is 2. The van der Waals surface area contributed by atoms with Gasteiger partial charge >= 0.3 is 0 Å². The smallest absolute Gasteiger partial charge is 0.257 e. The van der Waals surface area contributed by atoms with E-state index in [0.717, 1.165) is 11.3 Å². The summed E-state index contributed by atoms with van der Waals surface area (Å²) in [6.07, 6.45) is 1.67. The molecule has 3 nitrogen and oxygen atoms in total. The minimum atomic E-state index is -0.134. The Bertz CT molecular complexity index is 763. The molecule has 2 heterocycles. The van der Waals surface area contributed by atoms with Gasteiger partial charge < -0.3 is 4.98 Å². The summed E-state index contributed by atoms with van der Waals surface area (Å²) in [7, 11) is 0. The third-order valence-corrected chi connectivity index (χ3v) is 3.02. The summed E-state index contributed by atoms with van der Waals surface area (Å²) in [5.41, 5.74) is 2.20. The highest BCUT2D eigenvalue weighted by Gasteiger charge is 2.04. The van der Waals surface area contributed by atoms with Gasteiger partial charge in [0.2, 0.25) is 0 Å². The maximum absolute atomic E-state index is 11.9. The van der Waals surface area contributed by atoms with E-state index in [2.05, 4.69) is 9.97 Å². The first-order chi connectivity index (χ1) is 8.74. The van der Waals surface area contributed by atoms with E-state index in [1.54, 1.807) is 30.5 Å². The molecule has 0 saturated heterocycles. The third kappa shape index (κ3) is 1.89. The molecular weight excluding hydrogens is 248 g/mol.